The van der Waals surface area contributed by atoms with Gasteiger partial charge >= 0.3 is 35.2 Å². The largest absolute Gasteiger partial charge is 1.00 e. The molecule has 0 unspecified atom stereocenters. The molecule has 0 bridgehead atoms. The smallest absolute Gasteiger partial charge is 1.00 e. The van der Waals surface area contributed by atoms with Gasteiger partial charge in [-0.15, -0.1) is 0 Å². The van der Waals surface area contributed by atoms with E-state index in [2.05, 4.69) is 4.74 Å². The summed E-state index contributed by atoms with van der Waals surface area (Å²) in [5.41, 5.74) is -0.403. The Labute approximate surface area is 98.3 Å². The standard InChI is InChI=1S/C7H7NO4.Na.H/c1-12-6-4-2-3-5(9)7(6)8(10)11;;/h2-4,9H,1H3;;/q;+1;-1. The zero-order chi connectivity index (χ0) is 9.14. The molecule has 1 N–H and O–H groups in total. The van der Waals surface area contributed by atoms with Crippen molar-refractivity contribution in [2.45, 2.75) is 0 Å². The number of aromatic hydroxyl groups is 1. The molecule has 66 valence electrons. The molecule has 0 atom stereocenters. The van der Waals surface area contributed by atoms with E-state index in [-0.39, 0.29) is 42.5 Å². The van der Waals surface area contributed by atoms with Gasteiger partial charge in [-0.05, 0) is 12.1 Å². The molecule has 0 aliphatic heterocycles. The minimum absolute atomic E-state index is 0. The Kier molecular flexibility index (Phi) is 4.76. The molecule has 0 aliphatic carbocycles. The molecular formula is C7H8NNaO4. The number of nitrogens with zero attached hydrogens (tertiary/aromatic N) is 1. The van der Waals surface area contributed by atoms with Gasteiger partial charge in [-0.25, -0.2) is 0 Å². The molecule has 0 aliphatic rings. The molecule has 0 fully saturated rings. The second-order valence-corrected chi connectivity index (χ2v) is 2.09. The van der Waals surface area contributed by atoms with Gasteiger partial charge in [0.25, 0.3) is 0 Å². The van der Waals surface area contributed by atoms with E-state index in [0.717, 1.165) is 0 Å². The third-order valence-corrected chi connectivity index (χ3v) is 1.38. The molecule has 0 amide bonds. The van der Waals surface area contributed by atoms with Crippen molar-refractivity contribution in [2.24, 2.45) is 0 Å². The molecule has 1 aromatic rings. The van der Waals surface area contributed by atoms with Crippen molar-refractivity contribution >= 4 is 5.69 Å². The van der Waals surface area contributed by atoms with Crippen LogP contribution in [0.5, 0.6) is 11.5 Å². The number of hydrogen-bond acceptors (Lipinski definition) is 4. The van der Waals surface area contributed by atoms with Crippen LogP contribution in [0.4, 0.5) is 5.69 Å². The fourth-order valence-electron chi connectivity index (χ4n) is 0.859. The second-order valence-electron chi connectivity index (χ2n) is 2.09. The van der Waals surface area contributed by atoms with Crippen LogP contribution in [-0.4, -0.2) is 17.1 Å². The minimum Gasteiger partial charge on any atom is -1.00 e. The Bertz CT molecular complexity index is 321. The summed E-state index contributed by atoms with van der Waals surface area (Å²) in [4.78, 5) is 9.68. The first-order valence-corrected chi connectivity index (χ1v) is 3.17. The van der Waals surface area contributed by atoms with E-state index in [0.29, 0.717) is 0 Å². The van der Waals surface area contributed by atoms with E-state index in [9.17, 15) is 10.1 Å². The summed E-state index contributed by atoms with van der Waals surface area (Å²) < 4.78 is 4.69. The molecule has 5 nitrogen and oxygen atoms in total. The van der Waals surface area contributed by atoms with Crippen molar-refractivity contribution in [3.8, 4) is 11.5 Å². The fourth-order valence-corrected chi connectivity index (χ4v) is 0.859. The monoisotopic (exact) mass is 193 g/mol. The molecular weight excluding hydrogens is 185 g/mol. The van der Waals surface area contributed by atoms with Gasteiger partial charge in [-0.3, -0.25) is 10.1 Å². The third-order valence-electron chi connectivity index (χ3n) is 1.38. The predicted octanol–water partition coefficient (Wildman–Crippen LogP) is -1.57. The van der Waals surface area contributed by atoms with Gasteiger partial charge in [0.15, 0.2) is 5.75 Å². The quantitative estimate of drug-likeness (QED) is 0.349. The molecule has 0 radical (unpaired) electrons. The van der Waals surface area contributed by atoms with Crippen molar-refractivity contribution in [1.82, 2.24) is 0 Å². The maximum absolute atomic E-state index is 10.4. The van der Waals surface area contributed by atoms with E-state index in [4.69, 9.17) is 5.11 Å². The summed E-state index contributed by atoms with van der Waals surface area (Å²) in [6, 6.07) is 4.12. The minimum atomic E-state index is -0.686. The summed E-state index contributed by atoms with van der Waals surface area (Å²) in [6.07, 6.45) is 0. The number of ether oxygens (including phenoxy) is 1. The van der Waals surface area contributed by atoms with Crippen molar-refractivity contribution in [3.63, 3.8) is 0 Å². The van der Waals surface area contributed by atoms with Crippen LogP contribution < -0.4 is 34.3 Å². The van der Waals surface area contributed by atoms with Crippen molar-refractivity contribution in [3.05, 3.63) is 28.3 Å². The first-order chi connectivity index (χ1) is 5.66. The van der Waals surface area contributed by atoms with Gasteiger partial charge in [0, 0.05) is 0 Å². The number of nitro benzene ring substituents is 1. The zero-order valence-electron chi connectivity index (χ0n) is 8.35. The fraction of sp³-hybridized carbons (Fsp3) is 0.143. The van der Waals surface area contributed by atoms with Crippen molar-refractivity contribution in [2.75, 3.05) is 7.11 Å². The Morgan fingerprint density at radius 1 is 1.62 bits per heavy atom. The molecule has 0 spiro atoms. The van der Waals surface area contributed by atoms with E-state index in [1.54, 1.807) is 0 Å². The number of para-hydroxylation sites is 1. The summed E-state index contributed by atoms with van der Waals surface area (Å²) >= 11 is 0. The second kappa shape index (κ2) is 5.06. The first kappa shape index (κ1) is 12.2. The van der Waals surface area contributed by atoms with Crippen LogP contribution in [-0.2, 0) is 0 Å². The average molecular weight is 193 g/mol. The number of phenols is 1. The number of phenolic OH excluding ortho intramolecular Hbond substituents is 1. The topological polar surface area (TPSA) is 72.6 Å². The van der Waals surface area contributed by atoms with Crippen LogP contribution in [0.15, 0.2) is 18.2 Å². The number of benzene rings is 1. The Morgan fingerprint density at radius 3 is 2.62 bits per heavy atom. The van der Waals surface area contributed by atoms with Crippen LogP contribution in [0.25, 0.3) is 0 Å². The summed E-state index contributed by atoms with van der Waals surface area (Å²) in [5.74, 6) is -0.334. The molecule has 0 saturated carbocycles. The molecule has 1 aromatic carbocycles. The molecule has 0 heterocycles. The Balaban J connectivity index is 0. The van der Waals surface area contributed by atoms with Gasteiger partial charge in [-0.2, -0.15) is 0 Å². The van der Waals surface area contributed by atoms with Gasteiger partial charge in [0.05, 0.1) is 12.0 Å². The number of rotatable bonds is 2. The van der Waals surface area contributed by atoms with E-state index >= 15 is 0 Å². The van der Waals surface area contributed by atoms with E-state index < -0.39 is 10.6 Å². The summed E-state index contributed by atoms with van der Waals surface area (Å²) in [6.45, 7) is 0. The van der Waals surface area contributed by atoms with Gasteiger partial charge < -0.3 is 11.3 Å². The molecule has 0 saturated heterocycles. The number of hydrogen-bond donors (Lipinski definition) is 1. The van der Waals surface area contributed by atoms with Gasteiger partial charge in [0.1, 0.15) is 0 Å². The van der Waals surface area contributed by atoms with Crippen LogP contribution in [0, 0.1) is 10.1 Å². The zero-order valence-corrected chi connectivity index (χ0v) is 9.35. The maximum atomic E-state index is 10.4. The molecule has 1 rings (SSSR count). The number of nitro groups is 1. The predicted molar refractivity (Wildman–Crippen MR) is 42.4 cm³/mol. The summed E-state index contributed by atoms with van der Waals surface area (Å²) in [7, 11) is 1.31. The van der Waals surface area contributed by atoms with Crippen LogP contribution in [0.2, 0.25) is 0 Å². The van der Waals surface area contributed by atoms with Crippen LogP contribution in [0.1, 0.15) is 1.43 Å². The Hall–Kier alpha value is -0.780. The Morgan fingerprint density at radius 2 is 2.23 bits per heavy atom. The van der Waals surface area contributed by atoms with Crippen molar-refractivity contribution < 1.29 is 45.8 Å². The molecule has 6 heteroatoms. The molecule has 13 heavy (non-hydrogen) atoms. The SMILES string of the molecule is COc1cccc(O)c1[N+](=O)[O-].[H-].[Na+]. The number of methoxy groups -OCH3 is 1. The van der Waals surface area contributed by atoms with Crippen LogP contribution >= 0.6 is 0 Å². The first-order valence-electron chi connectivity index (χ1n) is 3.17. The summed E-state index contributed by atoms with van der Waals surface area (Å²) in [5, 5.41) is 19.4. The van der Waals surface area contributed by atoms with E-state index in [1.165, 1.54) is 25.3 Å². The van der Waals surface area contributed by atoms with Gasteiger partial charge in [0.2, 0.25) is 5.75 Å². The van der Waals surface area contributed by atoms with Gasteiger partial charge in [-0.1, -0.05) is 6.07 Å². The normalized spacial score (nSPS) is 8.69. The molecule has 0 aromatic heterocycles. The third kappa shape index (κ3) is 2.58. The average Bonchev–Trinajstić information content (AvgIpc) is 2.03. The maximum Gasteiger partial charge on any atom is 1.00 e. The van der Waals surface area contributed by atoms with Crippen LogP contribution in [0.3, 0.4) is 0 Å². The van der Waals surface area contributed by atoms with E-state index in [1.807, 2.05) is 0 Å². The van der Waals surface area contributed by atoms with Crippen molar-refractivity contribution in [1.29, 1.82) is 0 Å².